The highest BCUT2D eigenvalue weighted by Gasteiger charge is 2.26. The van der Waals surface area contributed by atoms with Gasteiger partial charge in [-0.2, -0.15) is 9.40 Å². The van der Waals surface area contributed by atoms with Crippen LogP contribution in [0.1, 0.15) is 11.1 Å². The number of hydrogen-bond donors (Lipinski definition) is 1. The van der Waals surface area contributed by atoms with Gasteiger partial charge in [0, 0.05) is 24.7 Å². The van der Waals surface area contributed by atoms with Gasteiger partial charge in [-0.1, -0.05) is 18.2 Å². The van der Waals surface area contributed by atoms with E-state index in [9.17, 15) is 8.42 Å². The second-order valence-corrected chi connectivity index (χ2v) is 6.68. The Morgan fingerprint density at radius 1 is 1.33 bits per heavy atom. The normalized spacial score (nSPS) is 11.8. The molecule has 114 valence electrons. The first-order valence-corrected chi connectivity index (χ1v) is 8.14. The minimum absolute atomic E-state index is 0.0231. The maximum Gasteiger partial charge on any atom is 0.260 e. The van der Waals surface area contributed by atoms with Crippen LogP contribution in [0.25, 0.3) is 0 Å². The number of aromatic amines is 1. The molecule has 0 amide bonds. The van der Waals surface area contributed by atoms with Crippen molar-refractivity contribution in [1.29, 1.82) is 0 Å². The molecule has 0 saturated heterocycles. The Morgan fingerprint density at radius 3 is 2.71 bits per heavy atom. The number of aromatic nitrogens is 2. The summed E-state index contributed by atoms with van der Waals surface area (Å²) < 4.78 is 31.5. The van der Waals surface area contributed by atoms with E-state index in [-0.39, 0.29) is 17.5 Å². The van der Waals surface area contributed by atoms with Gasteiger partial charge in [0.1, 0.15) is 5.75 Å². The van der Waals surface area contributed by atoms with Gasteiger partial charge in [-0.25, -0.2) is 8.42 Å². The maximum absolute atomic E-state index is 12.5. The number of H-pyrrole nitrogens is 1. The fraction of sp³-hybridized carbons (Fsp3) is 0.308. The van der Waals surface area contributed by atoms with E-state index in [1.807, 2.05) is 18.2 Å². The van der Waals surface area contributed by atoms with Crippen LogP contribution >= 0.6 is 11.6 Å². The van der Waals surface area contributed by atoms with E-state index in [0.29, 0.717) is 11.3 Å². The summed E-state index contributed by atoms with van der Waals surface area (Å²) >= 11 is 5.73. The highest BCUT2D eigenvalue weighted by molar-refractivity contribution is 7.89. The standard InChI is InChI=1S/C13H16ClN3O3S/c1-17(9-10-5-3-4-6-12(10)20-2)21(18,19)13-11(7-14)8-15-16-13/h3-6,8H,7,9H2,1-2H3,(H,15,16). The number of methoxy groups -OCH3 is 1. The lowest BCUT2D eigenvalue weighted by atomic mass is 10.2. The molecule has 1 N–H and O–H groups in total. The summed E-state index contributed by atoms with van der Waals surface area (Å²) in [5, 5.41) is 6.26. The van der Waals surface area contributed by atoms with Gasteiger partial charge >= 0.3 is 0 Å². The molecule has 2 aromatic rings. The minimum atomic E-state index is -3.69. The van der Waals surface area contributed by atoms with Gasteiger partial charge in [0.25, 0.3) is 10.0 Å². The van der Waals surface area contributed by atoms with Crippen molar-refractivity contribution >= 4 is 21.6 Å². The quantitative estimate of drug-likeness (QED) is 0.822. The first kappa shape index (κ1) is 15.8. The number of hydrogen-bond acceptors (Lipinski definition) is 4. The largest absolute Gasteiger partial charge is 0.496 e. The lowest BCUT2D eigenvalue weighted by Crippen LogP contribution is -2.27. The highest BCUT2D eigenvalue weighted by Crippen LogP contribution is 2.23. The lowest BCUT2D eigenvalue weighted by Gasteiger charge is -2.18. The zero-order valence-electron chi connectivity index (χ0n) is 11.7. The third-order valence-corrected chi connectivity index (χ3v) is 5.18. The van der Waals surface area contributed by atoms with Crippen molar-refractivity contribution in [3.8, 4) is 5.75 Å². The van der Waals surface area contributed by atoms with Crippen LogP contribution in [0.5, 0.6) is 5.75 Å². The molecule has 8 heteroatoms. The smallest absolute Gasteiger partial charge is 0.260 e. The number of nitrogens with zero attached hydrogens (tertiary/aromatic N) is 2. The molecule has 0 fully saturated rings. The van der Waals surface area contributed by atoms with E-state index in [2.05, 4.69) is 10.2 Å². The molecule has 0 spiro atoms. The Bertz CT molecular complexity index is 715. The molecule has 0 bridgehead atoms. The van der Waals surface area contributed by atoms with E-state index in [0.717, 1.165) is 5.56 Å². The summed E-state index contributed by atoms with van der Waals surface area (Å²) in [5.41, 5.74) is 1.22. The number of halogens is 1. The van der Waals surface area contributed by atoms with Crippen LogP contribution in [0.3, 0.4) is 0 Å². The predicted octanol–water partition coefficient (Wildman–Crippen LogP) is 1.98. The first-order chi connectivity index (χ1) is 10.0. The molecular formula is C13H16ClN3O3S. The van der Waals surface area contributed by atoms with Gasteiger partial charge in [0.05, 0.1) is 19.2 Å². The third-order valence-electron chi connectivity index (χ3n) is 3.08. The van der Waals surface area contributed by atoms with E-state index in [1.54, 1.807) is 13.2 Å². The van der Waals surface area contributed by atoms with E-state index >= 15 is 0 Å². The molecule has 2 rings (SSSR count). The Hall–Kier alpha value is -1.57. The summed E-state index contributed by atoms with van der Waals surface area (Å²) in [5.74, 6) is 0.717. The van der Waals surface area contributed by atoms with Crippen molar-refractivity contribution in [2.24, 2.45) is 0 Å². The molecule has 0 atom stereocenters. The number of para-hydroxylation sites is 1. The van der Waals surface area contributed by atoms with Gasteiger partial charge in [0.15, 0.2) is 5.03 Å². The van der Waals surface area contributed by atoms with E-state index in [4.69, 9.17) is 16.3 Å². The topological polar surface area (TPSA) is 75.3 Å². The van der Waals surface area contributed by atoms with Crippen LogP contribution in [0.4, 0.5) is 0 Å². The summed E-state index contributed by atoms with van der Waals surface area (Å²) in [6.07, 6.45) is 1.41. The number of rotatable bonds is 6. The van der Waals surface area contributed by atoms with Gasteiger partial charge in [-0.05, 0) is 6.07 Å². The molecule has 1 heterocycles. The molecule has 21 heavy (non-hydrogen) atoms. The second kappa shape index (κ2) is 6.46. The van der Waals surface area contributed by atoms with Gasteiger partial charge < -0.3 is 4.74 Å². The molecule has 0 unspecified atom stereocenters. The average molecular weight is 330 g/mol. The molecular weight excluding hydrogens is 314 g/mol. The minimum Gasteiger partial charge on any atom is -0.496 e. The summed E-state index contributed by atoms with van der Waals surface area (Å²) in [4.78, 5) is 0. The highest BCUT2D eigenvalue weighted by atomic mass is 35.5. The number of benzene rings is 1. The van der Waals surface area contributed by atoms with E-state index in [1.165, 1.54) is 17.5 Å². The summed E-state index contributed by atoms with van der Waals surface area (Å²) in [6, 6.07) is 7.27. The van der Waals surface area contributed by atoms with Crippen molar-refractivity contribution < 1.29 is 13.2 Å². The zero-order chi connectivity index (χ0) is 15.5. The fourth-order valence-corrected chi connectivity index (χ4v) is 3.46. The van der Waals surface area contributed by atoms with Gasteiger partial charge in [-0.3, -0.25) is 5.10 Å². The zero-order valence-corrected chi connectivity index (χ0v) is 13.3. The van der Waals surface area contributed by atoms with Crippen molar-refractivity contribution in [2.45, 2.75) is 17.5 Å². The Morgan fingerprint density at radius 2 is 2.05 bits per heavy atom. The van der Waals surface area contributed by atoms with Crippen molar-refractivity contribution in [3.63, 3.8) is 0 Å². The van der Waals surface area contributed by atoms with E-state index < -0.39 is 10.0 Å². The van der Waals surface area contributed by atoms with Gasteiger partial charge in [0.2, 0.25) is 0 Å². The molecule has 1 aromatic carbocycles. The van der Waals surface area contributed by atoms with Crippen LogP contribution in [0.2, 0.25) is 0 Å². The monoisotopic (exact) mass is 329 g/mol. The SMILES string of the molecule is COc1ccccc1CN(C)S(=O)(=O)c1[nH]ncc1CCl. The van der Waals surface area contributed by atoms with Gasteiger partial charge in [-0.15, -0.1) is 11.6 Å². The Kier molecular flexibility index (Phi) is 4.87. The van der Waals surface area contributed by atoms with Crippen molar-refractivity contribution in [1.82, 2.24) is 14.5 Å². The molecule has 0 aliphatic heterocycles. The Labute approximate surface area is 128 Å². The lowest BCUT2D eigenvalue weighted by molar-refractivity contribution is 0.397. The fourth-order valence-electron chi connectivity index (χ4n) is 1.93. The van der Waals surface area contributed by atoms with Crippen LogP contribution in [0, 0.1) is 0 Å². The van der Waals surface area contributed by atoms with Crippen LogP contribution in [0.15, 0.2) is 35.5 Å². The van der Waals surface area contributed by atoms with Crippen molar-refractivity contribution in [2.75, 3.05) is 14.2 Å². The molecule has 0 radical (unpaired) electrons. The number of ether oxygens (including phenoxy) is 1. The predicted molar refractivity (Wildman–Crippen MR) is 79.8 cm³/mol. The van der Waals surface area contributed by atoms with Crippen molar-refractivity contribution in [3.05, 3.63) is 41.6 Å². The van der Waals surface area contributed by atoms with Crippen LogP contribution in [-0.2, 0) is 22.4 Å². The average Bonchev–Trinajstić information content (AvgIpc) is 2.97. The number of sulfonamides is 1. The summed E-state index contributed by atoms with van der Waals surface area (Å²) in [7, 11) is -0.636. The number of alkyl halides is 1. The van der Waals surface area contributed by atoms with Crippen LogP contribution in [-0.4, -0.2) is 37.1 Å². The molecule has 6 nitrogen and oxygen atoms in total. The third kappa shape index (κ3) is 3.20. The Balaban J connectivity index is 2.29. The van der Waals surface area contributed by atoms with Crippen LogP contribution < -0.4 is 4.74 Å². The molecule has 0 aliphatic carbocycles. The molecule has 0 saturated carbocycles. The maximum atomic E-state index is 12.5. The number of nitrogens with one attached hydrogen (secondary N) is 1. The molecule has 1 aromatic heterocycles. The molecule has 0 aliphatic rings. The first-order valence-electron chi connectivity index (χ1n) is 6.17. The summed E-state index contributed by atoms with van der Waals surface area (Å²) in [6.45, 7) is 0.188. The second-order valence-electron chi connectivity index (χ2n) is 4.43.